The molecule has 0 spiro atoms. The van der Waals surface area contributed by atoms with E-state index in [0.717, 1.165) is 5.56 Å². The number of thiophene rings is 1. The molecule has 0 fully saturated rings. The number of rotatable bonds is 4. The molecule has 3 N–H and O–H groups in total. The van der Waals surface area contributed by atoms with Crippen LogP contribution in [-0.4, -0.2) is 17.9 Å². The normalized spacial score (nSPS) is 12.4. The van der Waals surface area contributed by atoms with Gasteiger partial charge in [0.2, 0.25) is 12.7 Å². The van der Waals surface area contributed by atoms with Crippen LogP contribution in [0.4, 0.5) is 5.88 Å². The van der Waals surface area contributed by atoms with Crippen LogP contribution in [0.2, 0.25) is 4.34 Å². The maximum absolute atomic E-state index is 12.6. The number of hydrogen-bond acceptors (Lipinski definition) is 7. The van der Waals surface area contributed by atoms with Crippen LogP contribution in [0, 0.1) is 0 Å². The van der Waals surface area contributed by atoms with Gasteiger partial charge in [0.05, 0.1) is 9.21 Å². The second-order valence-electron chi connectivity index (χ2n) is 5.24. The van der Waals surface area contributed by atoms with Crippen LogP contribution in [0.25, 0.3) is 10.6 Å². The van der Waals surface area contributed by atoms with Gasteiger partial charge in [0.15, 0.2) is 11.5 Å². The van der Waals surface area contributed by atoms with E-state index in [9.17, 15) is 4.79 Å². The van der Waals surface area contributed by atoms with Gasteiger partial charge in [-0.05, 0) is 29.8 Å². The molecular formula is C16H12ClN3O4S. The van der Waals surface area contributed by atoms with Crippen LogP contribution in [0.3, 0.4) is 0 Å². The number of benzene rings is 1. The molecule has 0 saturated heterocycles. The molecule has 1 aliphatic rings. The monoisotopic (exact) mass is 377 g/mol. The standard InChI is InChI=1S/C16H12ClN3O4S/c17-12-4-3-11(25-12)14-13(15(18)24-20-14)16(21)19-6-8-1-2-9-10(5-8)23-7-22-9/h1-5H,6-7,18H2,(H,19,21). The van der Waals surface area contributed by atoms with Crippen LogP contribution in [0.15, 0.2) is 34.9 Å². The Morgan fingerprint density at radius 1 is 1.28 bits per heavy atom. The second-order valence-corrected chi connectivity index (χ2v) is 6.96. The van der Waals surface area contributed by atoms with E-state index in [1.807, 2.05) is 12.1 Å². The van der Waals surface area contributed by atoms with Crippen molar-refractivity contribution in [3.63, 3.8) is 0 Å². The summed E-state index contributed by atoms with van der Waals surface area (Å²) in [6, 6.07) is 8.96. The SMILES string of the molecule is Nc1onc(-c2ccc(Cl)s2)c1C(=O)NCc1ccc2c(c1)OCO2. The van der Waals surface area contributed by atoms with Crippen LogP contribution >= 0.6 is 22.9 Å². The molecule has 0 radical (unpaired) electrons. The first-order valence-corrected chi connectivity index (χ1v) is 8.49. The highest BCUT2D eigenvalue weighted by Crippen LogP contribution is 2.35. The van der Waals surface area contributed by atoms with Gasteiger partial charge in [-0.2, -0.15) is 0 Å². The molecule has 1 amide bonds. The van der Waals surface area contributed by atoms with E-state index in [0.29, 0.717) is 33.0 Å². The molecule has 0 atom stereocenters. The molecule has 0 saturated carbocycles. The van der Waals surface area contributed by atoms with E-state index >= 15 is 0 Å². The number of fused-ring (bicyclic) bond motifs is 1. The Hall–Kier alpha value is -2.71. The van der Waals surface area contributed by atoms with Crippen molar-refractivity contribution in [2.75, 3.05) is 12.5 Å². The summed E-state index contributed by atoms with van der Waals surface area (Å²) in [5.74, 6) is 0.930. The summed E-state index contributed by atoms with van der Waals surface area (Å²) in [6.07, 6.45) is 0. The summed E-state index contributed by atoms with van der Waals surface area (Å²) in [5.41, 5.74) is 7.21. The van der Waals surface area contributed by atoms with Crippen molar-refractivity contribution in [2.45, 2.75) is 6.54 Å². The number of nitrogens with two attached hydrogens (primary N) is 1. The average molecular weight is 378 g/mol. The van der Waals surface area contributed by atoms with Crippen molar-refractivity contribution in [1.82, 2.24) is 10.5 Å². The lowest BCUT2D eigenvalue weighted by atomic mass is 10.1. The molecule has 2 aromatic heterocycles. The van der Waals surface area contributed by atoms with Crippen LogP contribution in [-0.2, 0) is 6.54 Å². The van der Waals surface area contributed by atoms with E-state index in [2.05, 4.69) is 10.5 Å². The summed E-state index contributed by atoms with van der Waals surface area (Å²) in [5, 5.41) is 6.68. The second kappa shape index (κ2) is 6.30. The highest BCUT2D eigenvalue weighted by molar-refractivity contribution is 7.19. The molecule has 1 aromatic carbocycles. The molecule has 7 nitrogen and oxygen atoms in total. The third-order valence-corrected chi connectivity index (χ3v) is 4.88. The number of anilines is 1. The Bertz CT molecular complexity index is 953. The predicted molar refractivity (Wildman–Crippen MR) is 93.0 cm³/mol. The number of carbonyl (C=O) groups excluding carboxylic acids is 1. The lowest BCUT2D eigenvalue weighted by Gasteiger charge is -2.06. The lowest BCUT2D eigenvalue weighted by Crippen LogP contribution is -2.23. The Morgan fingerprint density at radius 2 is 2.12 bits per heavy atom. The summed E-state index contributed by atoms with van der Waals surface area (Å²) in [6.45, 7) is 0.500. The molecule has 9 heteroatoms. The van der Waals surface area contributed by atoms with Crippen molar-refractivity contribution in [2.24, 2.45) is 0 Å². The highest BCUT2D eigenvalue weighted by atomic mass is 35.5. The number of hydrogen-bond donors (Lipinski definition) is 2. The van der Waals surface area contributed by atoms with E-state index in [4.69, 9.17) is 31.3 Å². The third kappa shape index (κ3) is 3.01. The van der Waals surface area contributed by atoms with Gasteiger partial charge in [-0.15, -0.1) is 11.3 Å². The first-order chi connectivity index (χ1) is 12.1. The van der Waals surface area contributed by atoms with Gasteiger partial charge >= 0.3 is 0 Å². The van der Waals surface area contributed by atoms with Gasteiger partial charge in [0.25, 0.3) is 5.91 Å². The van der Waals surface area contributed by atoms with Crippen molar-refractivity contribution in [3.8, 4) is 22.1 Å². The molecule has 25 heavy (non-hydrogen) atoms. The molecule has 0 bridgehead atoms. The van der Waals surface area contributed by atoms with Crippen molar-refractivity contribution in [3.05, 3.63) is 45.8 Å². The first-order valence-electron chi connectivity index (χ1n) is 7.29. The number of aromatic nitrogens is 1. The fourth-order valence-corrected chi connectivity index (χ4v) is 3.48. The molecular weight excluding hydrogens is 366 g/mol. The smallest absolute Gasteiger partial charge is 0.259 e. The fourth-order valence-electron chi connectivity index (χ4n) is 2.45. The molecule has 0 aliphatic carbocycles. The number of amides is 1. The van der Waals surface area contributed by atoms with Crippen molar-refractivity contribution >= 4 is 34.7 Å². The van der Waals surface area contributed by atoms with Gasteiger partial charge in [0.1, 0.15) is 11.3 Å². The summed E-state index contributed by atoms with van der Waals surface area (Å²) in [4.78, 5) is 13.3. The molecule has 3 heterocycles. The Morgan fingerprint density at radius 3 is 2.92 bits per heavy atom. The van der Waals surface area contributed by atoms with Crippen molar-refractivity contribution in [1.29, 1.82) is 0 Å². The van der Waals surface area contributed by atoms with Gasteiger partial charge in [-0.3, -0.25) is 4.79 Å². The molecule has 3 aromatic rings. The Balaban J connectivity index is 1.53. The zero-order chi connectivity index (χ0) is 17.4. The topological polar surface area (TPSA) is 99.6 Å². The first kappa shape index (κ1) is 15.8. The van der Waals surface area contributed by atoms with E-state index < -0.39 is 0 Å². The minimum Gasteiger partial charge on any atom is -0.454 e. The average Bonchev–Trinajstić information content (AvgIpc) is 3.31. The zero-order valence-corrected chi connectivity index (χ0v) is 14.3. The van der Waals surface area contributed by atoms with Gasteiger partial charge in [-0.1, -0.05) is 22.8 Å². The van der Waals surface area contributed by atoms with E-state index in [1.54, 1.807) is 18.2 Å². The Kier molecular flexibility index (Phi) is 3.98. The van der Waals surface area contributed by atoms with Gasteiger partial charge in [-0.25, -0.2) is 0 Å². The van der Waals surface area contributed by atoms with E-state index in [-0.39, 0.29) is 24.1 Å². The molecule has 1 aliphatic heterocycles. The minimum absolute atomic E-state index is 0.0392. The van der Waals surface area contributed by atoms with Gasteiger partial charge < -0.3 is 25.0 Å². The third-order valence-electron chi connectivity index (χ3n) is 3.64. The maximum Gasteiger partial charge on any atom is 0.259 e. The predicted octanol–water partition coefficient (Wildman–Crippen LogP) is 3.30. The molecule has 4 rings (SSSR count). The number of nitrogen functional groups attached to an aromatic ring is 1. The molecule has 128 valence electrons. The minimum atomic E-state index is -0.379. The number of nitrogens with one attached hydrogen (secondary N) is 1. The van der Waals surface area contributed by atoms with Crippen molar-refractivity contribution < 1.29 is 18.8 Å². The zero-order valence-electron chi connectivity index (χ0n) is 12.7. The maximum atomic E-state index is 12.6. The summed E-state index contributed by atoms with van der Waals surface area (Å²) >= 11 is 7.23. The molecule has 0 unspecified atom stereocenters. The van der Waals surface area contributed by atoms with E-state index in [1.165, 1.54) is 11.3 Å². The van der Waals surface area contributed by atoms with Gasteiger partial charge in [0, 0.05) is 6.54 Å². The quantitative estimate of drug-likeness (QED) is 0.723. The van der Waals surface area contributed by atoms with Crippen LogP contribution in [0.1, 0.15) is 15.9 Å². The summed E-state index contributed by atoms with van der Waals surface area (Å²) < 4.78 is 16.2. The highest BCUT2D eigenvalue weighted by Gasteiger charge is 2.23. The number of carbonyl (C=O) groups is 1. The summed E-state index contributed by atoms with van der Waals surface area (Å²) in [7, 11) is 0. The number of nitrogens with zero attached hydrogens (tertiary/aromatic N) is 1. The fraction of sp³-hybridized carbons (Fsp3) is 0.125. The van der Waals surface area contributed by atoms with Crippen LogP contribution in [0.5, 0.6) is 11.5 Å². The lowest BCUT2D eigenvalue weighted by molar-refractivity contribution is 0.0952. The Labute approximate surface area is 151 Å². The largest absolute Gasteiger partial charge is 0.454 e. The number of halogens is 1. The van der Waals surface area contributed by atoms with Crippen LogP contribution < -0.4 is 20.5 Å². The number of ether oxygens (including phenoxy) is 2.